The number of hydrogen-bond acceptors (Lipinski definition) is 20. The van der Waals surface area contributed by atoms with Crippen LogP contribution in [0.15, 0.2) is 24.3 Å². The summed E-state index contributed by atoms with van der Waals surface area (Å²) in [5.41, 5.74) is 0. The van der Waals surface area contributed by atoms with Gasteiger partial charge in [-0.2, -0.15) is 0 Å². The van der Waals surface area contributed by atoms with Crippen LogP contribution >= 0.6 is 0 Å². The highest BCUT2D eigenvalue weighted by Gasteiger charge is 2.60. The van der Waals surface area contributed by atoms with Gasteiger partial charge in [-0.15, -0.1) is 0 Å². The summed E-state index contributed by atoms with van der Waals surface area (Å²) in [4.78, 5) is 38.3. The third kappa shape index (κ3) is 24.1. The topological polar surface area (TPSA) is 373 Å². The number of unbranched alkanes of at least 4 members (excludes halogenated alkanes) is 20. The van der Waals surface area contributed by atoms with Gasteiger partial charge in [-0.3, -0.25) is 9.59 Å². The zero-order chi connectivity index (χ0) is 59.0. The Balaban J connectivity index is 1.66. The third-order valence-electron chi connectivity index (χ3n) is 15.1. The smallest absolute Gasteiger partial charge is 0.364 e. The van der Waals surface area contributed by atoms with Crippen LogP contribution in [0.3, 0.4) is 0 Å². The second-order valence-corrected chi connectivity index (χ2v) is 21.9. The molecule has 0 radical (unpaired) electrons. The third-order valence-corrected chi connectivity index (χ3v) is 15.1. The van der Waals surface area contributed by atoms with E-state index in [4.69, 9.17) is 28.4 Å². The Morgan fingerprint density at radius 3 is 1.70 bits per heavy atom. The van der Waals surface area contributed by atoms with Crippen LogP contribution in [0.5, 0.6) is 0 Å². The van der Waals surface area contributed by atoms with E-state index in [0.29, 0.717) is 12.8 Å². The molecule has 18 unspecified atom stereocenters. The van der Waals surface area contributed by atoms with Crippen molar-refractivity contribution in [3.8, 4) is 0 Å². The van der Waals surface area contributed by atoms with Crippen molar-refractivity contribution in [2.75, 3.05) is 26.4 Å². The van der Waals surface area contributed by atoms with Gasteiger partial charge < -0.3 is 100 Å². The predicted molar refractivity (Wildman–Crippen MR) is 292 cm³/mol. The maximum Gasteiger partial charge on any atom is 0.364 e. The van der Waals surface area contributed by atoms with Crippen LogP contribution in [0, 0.1) is 0 Å². The Labute approximate surface area is 473 Å². The number of carbonyl (C=O) groups is 3. The molecule has 0 aliphatic carbocycles. The Bertz CT molecular complexity index is 1750. The molecule has 0 bridgehead atoms. The van der Waals surface area contributed by atoms with Gasteiger partial charge in [-0.05, 0) is 44.9 Å². The first-order valence-corrected chi connectivity index (χ1v) is 29.7. The number of carbonyl (C=O) groups excluding carboxylic acids is 2. The molecule has 2 amide bonds. The number of rotatable bonds is 42. The van der Waals surface area contributed by atoms with Crippen molar-refractivity contribution in [1.29, 1.82) is 0 Å². The van der Waals surface area contributed by atoms with E-state index >= 15 is 0 Å². The molecule has 23 heteroatoms. The maximum absolute atomic E-state index is 13.3. The fourth-order valence-electron chi connectivity index (χ4n) is 10.3. The molecule has 466 valence electrons. The molecule has 23 nitrogen and oxygen atoms in total. The number of carboxylic acids is 1. The number of carboxylic acid groups (broad SMARTS) is 1. The molecule has 80 heavy (non-hydrogen) atoms. The Morgan fingerprint density at radius 1 is 0.650 bits per heavy atom. The number of aliphatic hydroxyl groups excluding tert-OH is 11. The van der Waals surface area contributed by atoms with Gasteiger partial charge in [0, 0.05) is 19.8 Å². The maximum atomic E-state index is 13.3. The van der Waals surface area contributed by atoms with Gasteiger partial charge in [0.15, 0.2) is 12.6 Å². The molecule has 3 heterocycles. The van der Waals surface area contributed by atoms with E-state index in [-0.39, 0.29) is 12.3 Å². The lowest BCUT2D eigenvalue weighted by atomic mass is 9.88. The second kappa shape index (κ2) is 39.7. The van der Waals surface area contributed by atoms with E-state index in [0.717, 1.165) is 90.4 Å². The first-order valence-electron chi connectivity index (χ1n) is 29.7. The summed E-state index contributed by atoms with van der Waals surface area (Å²) < 4.78 is 34.6. The molecule has 3 aliphatic heterocycles. The summed E-state index contributed by atoms with van der Waals surface area (Å²) in [6.07, 6.45) is 4.15. The van der Waals surface area contributed by atoms with E-state index in [1.165, 1.54) is 51.4 Å². The molecule has 0 saturated carbocycles. The summed E-state index contributed by atoms with van der Waals surface area (Å²) in [6, 6.07) is -2.62. The molecular weight excluding hydrogens is 1050 g/mol. The van der Waals surface area contributed by atoms with Gasteiger partial charge >= 0.3 is 5.97 Å². The molecule has 14 N–H and O–H groups in total. The van der Waals surface area contributed by atoms with Gasteiger partial charge in [0.2, 0.25) is 11.8 Å². The quantitative estimate of drug-likeness (QED) is 0.0308. The number of ether oxygens (including phenoxy) is 6. The van der Waals surface area contributed by atoms with E-state index in [2.05, 4.69) is 36.6 Å². The highest BCUT2D eigenvalue weighted by Crippen LogP contribution is 2.38. The standard InChI is InChI=1S/C57H102N2O21/c1-4-6-8-10-12-14-15-16-17-18-19-20-21-23-25-27-29-31-44(67)59-38(39(64)30-28-26-24-22-13-11-9-7-5-2)36-75-54-49(71)48(70)51(43(35-62)77-54)78-55-50(72)53(47(69)42(34-61)76-55)80-57(56(73)74)32-40(65)45(58-37(3)63)52(79-57)46(68)41(66)33-60/h16-17,28,30,38-43,45-55,60-62,64-66,68-72H,4-15,18-27,29,31-36H2,1-3H3,(H,58,63)(H,59,67)(H,73,74)/b17-16-,30-28+. The lowest BCUT2D eigenvalue weighted by Crippen LogP contribution is -2.70. The van der Waals surface area contributed by atoms with Gasteiger partial charge in [0.25, 0.3) is 5.79 Å². The van der Waals surface area contributed by atoms with Crippen LogP contribution < -0.4 is 10.6 Å². The molecule has 3 aliphatic rings. The molecule has 3 rings (SSSR count). The zero-order valence-corrected chi connectivity index (χ0v) is 47.7. The zero-order valence-electron chi connectivity index (χ0n) is 47.7. The first kappa shape index (κ1) is 71.5. The monoisotopic (exact) mass is 1150 g/mol. The largest absolute Gasteiger partial charge is 0.477 e. The number of hydrogen-bond donors (Lipinski definition) is 14. The summed E-state index contributed by atoms with van der Waals surface area (Å²) in [7, 11) is 0. The number of aliphatic hydroxyl groups is 11. The molecule has 0 spiro atoms. The molecule has 3 saturated heterocycles. The van der Waals surface area contributed by atoms with Gasteiger partial charge in [-0.25, -0.2) is 4.79 Å². The average Bonchev–Trinajstić information content (AvgIpc) is 3.56. The van der Waals surface area contributed by atoms with E-state index in [9.17, 15) is 75.7 Å². The van der Waals surface area contributed by atoms with Crippen LogP contribution in [-0.2, 0) is 42.8 Å². The minimum absolute atomic E-state index is 0.195. The van der Waals surface area contributed by atoms with Gasteiger partial charge in [0.1, 0.15) is 67.1 Å². The molecule has 3 fully saturated rings. The molecular formula is C57H102N2O21. The fourth-order valence-corrected chi connectivity index (χ4v) is 10.3. The van der Waals surface area contributed by atoms with Gasteiger partial charge in [0.05, 0.1) is 50.7 Å². The van der Waals surface area contributed by atoms with E-state index in [1.807, 2.05) is 6.08 Å². The number of allylic oxidation sites excluding steroid dienone is 3. The van der Waals surface area contributed by atoms with Crippen molar-refractivity contribution in [3.05, 3.63) is 24.3 Å². The highest BCUT2D eigenvalue weighted by atomic mass is 16.8. The summed E-state index contributed by atoms with van der Waals surface area (Å²) >= 11 is 0. The Morgan fingerprint density at radius 2 is 1.18 bits per heavy atom. The van der Waals surface area contributed by atoms with Crippen molar-refractivity contribution in [2.24, 2.45) is 0 Å². The van der Waals surface area contributed by atoms with E-state index < -0.39 is 155 Å². The fraction of sp³-hybridized carbons (Fsp3) is 0.877. The Hall–Kier alpha value is -2.79. The van der Waals surface area contributed by atoms with Crippen LogP contribution in [0.1, 0.15) is 181 Å². The first-order chi connectivity index (χ1) is 38.4. The number of aliphatic carboxylic acids is 1. The van der Waals surface area contributed by atoms with Crippen LogP contribution in [0.25, 0.3) is 0 Å². The summed E-state index contributed by atoms with van der Waals surface area (Å²) in [5.74, 6) is -6.15. The molecule has 0 aromatic rings. The van der Waals surface area contributed by atoms with Crippen molar-refractivity contribution in [3.63, 3.8) is 0 Å². The predicted octanol–water partition coefficient (Wildman–Crippen LogP) is 2.16. The van der Waals surface area contributed by atoms with Crippen molar-refractivity contribution >= 4 is 17.8 Å². The average molecular weight is 1150 g/mol. The summed E-state index contributed by atoms with van der Waals surface area (Å²) in [6.45, 7) is 2.04. The van der Waals surface area contributed by atoms with Crippen molar-refractivity contribution in [1.82, 2.24) is 10.6 Å². The Kier molecular flexibility index (Phi) is 35.5. The van der Waals surface area contributed by atoms with Gasteiger partial charge in [-0.1, -0.05) is 141 Å². The SMILES string of the molecule is CCCCCCCC/C=C\CCCCCCCCCC(=O)NC(COC1OC(CO)C(OC2OC(CO)C(O)C(OC3(C(=O)O)CC(O)C(NC(C)=O)C(C(O)C(O)CO)O3)C2O)C(O)C1O)C(O)/C=C/CCCCCCCCC. The van der Waals surface area contributed by atoms with Crippen LogP contribution in [-0.4, -0.2) is 215 Å². The molecule has 0 aromatic heterocycles. The summed E-state index contributed by atoms with van der Waals surface area (Å²) in [5, 5.41) is 135. The van der Waals surface area contributed by atoms with Crippen molar-refractivity contribution in [2.45, 2.75) is 291 Å². The van der Waals surface area contributed by atoms with E-state index in [1.54, 1.807) is 6.08 Å². The van der Waals surface area contributed by atoms with Crippen LogP contribution in [0.2, 0.25) is 0 Å². The normalized spacial score (nSPS) is 30.8. The highest BCUT2D eigenvalue weighted by molar-refractivity contribution is 5.77. The minimum Gasteiger partial charge on any atom is -0.477 e. The van der Waals surface area contributed by atoms with Crippen LogP contribution in [0.4, 0.5) is 0 Å². The lowest BCUT2D eigenvalue weighted by molar-refractivity contribution is -0.386. The minimum atomic E-state index is -3.08. The number of nitrogens with one attached hydrogen (secondary N) is 2. The second-order valence-electron chi connectivity index (χ2n) is 21.9. The number of amides is 2. The lowest BCUT2D eigenvalue weighted by Gasteiger charge is -2.50. The molecule has 0 aromatic carbocycles. The van der Waals surface area contributed by atoms with Crippen molar-refractivity contribution < 1.29 is 104 Å². The molecule has 18 atom stereocenters.